The Balaban J connectivity index is 1.90. The molecular weight excluding hydrogens is 218 g/mol. The van der Waals surface area contributed by atoms with Crippen molar-refractivity contribution in [1.29, 1.82) is 0 Å². The van der Waals surface area contributed by atoms with Crippen LogP contribution in [-0.2, 0) is 0 Å². The molecule has 2 fully saturated rings. The van der Waals surface area contributed by atoms with Crippen molar-refractivity contribution in [3.8, 4) is 0 Å². The van der Waals surface area contributed by atoms with Crippen LogP contribution in [0.15, 0.2) is 0 Å². The van der Waals surface area contributed by atoms with E-state index in [1.165, 1.54) is 70.8 Å². The maximum absolute atomic E-state index is 3.92. The average molecular weight is 251 g/mol. The van der Waals surface area contributed by atoms with Gasteiger partial charge in [-0.25, -0.2) is 0 Å². The second-order valence-corrected chi connectivity index (χ2v) is 6.90. The van der Waals surface area contributed by atoms with Gasteiger partial charge in [-0.2, -0.15) is 0 Å². The highest BCUT2D eigenvalue weighted by Crippen LogP contribution is 2.37. The lowest BCUT2D eigenvalue weighted by atomic mass is 9.72. The van der Waals surface area contributed by atoms with Crippen LogP contribution < -0.4 is 5.32 Å². The van der Waals surface area contributed by atoms with Gasteiger partial charge in [0.15, 0.2) is 0 Å². The van der Waals surface area contributed by atoms with Crippen LogP contribution in [-0.4, -0.2) is 12.6 Å². The third kappa shape index (κ3) is 3.98. The van der Waals surface area contributed by atoms with Crippen LogP contribution in [0.4, 0.5) is 0 Å². The molecule has 1 atom stereocenters. The number of rotatable bonds is 5. The summed E-state index contributed by atoms with van der Waals surface area (Å²) in [6.45, 7) is 5.96. The lowest BCUT2D eigenvalue weighted by Gasteiger charge is -2.39. The maximum Gasteiger partial charge on any atom is 0.0124 e. The summed E-state index contributed by atoms with van der Waals surface area (Å²) >= 11 is 0. The fraction of sp³-hybridized carbons (Fsp3) is 1.00. The van der Waals surface area contributed by atoms with Crippen LogP contribution in [0.1, 0.15) is 78.1 Å². The van der Waals surface area contributed by atoms with Crippen molar-refractivity contribution in [3.63, 3.8) is 0 Å². The highest BCUT2D eigenvalue weighted by molar-refractivity contribution is 4.87. The van der Waals surface area contributed by atoms with E-state index in [4.69, 9.17) is 0 Å². The van der Waals surface area contributed by atoms with Crippen LogP contribution in [0.2, 0.25) is 0 Å². The molecule has 0 aromatic rings. The molecule has 0 radical (unpaired) electrons. The molecule has 2 rings (SSSR count). The molecule has 2 aliphatic rings. The first kappa shape index (κ1) is 14.4. The van der Waals surface area contributed by atoms with E-state index in [9.17, 15) is 0 Å². The van der Waals surface area contributed by atoms with Crippen molar-refractivity contribution in [2.75, 3.05) is 6.54 Å². The summed E-state index contributed by atoms with van der Waals surface area (Å²) in [7, 11) is 0. The molecule has 0 aliphatic heterocycles. The van der Waals surface area contributed by atoms with Gasteiger partial charge in [-0.05, 0) is 56.4 Å². The predicted octanol–water partition coefficient (Wildman–Crippen LogP) is 4.76. The zero-order valence-corrected chi connectivity index (χ0v) is 12.6. The number of hydrogen-bond acceptors (Lipinski definition) is 1. The Kier molecular flexibility index (Phi) is 6.01. The van der Waals surface area contributed by atoms with E-state index in [1.807, 2.05) is 0 Å². The largest absolute Gasteiger partial charge is 0.313 e. The minimum atomic E-state index is 0.845. The van der Waals surface area contributed by atoms with E-state index in [1.54, 1.807) is 0 Å². The van der Waals surface area contributed by atoms with Gasteiger partial charge in [0.25, 0.3) is 0 Å². The molecule has 0 bridgehead atoms. The summed E-state index contributed by atoms with van der Waals surface area (Å²) in [6.07, 6.45) is 14.6. The van der Waals surface area contributed by atoms with E-state index in [-0.39, 0.29) is 0 Å². The molecule has 18 heavy (non-hydrogen) atoms. The predicted molar refractivity (Wildman–Crippen MR) is 79.8 cm³/mol. The topological polar surface area (TPSA) is 12.0 Å². The second kappa shape index (κ2) is 7.53. The highest BCUT2D eigenvalue weighted by Gasteiger charge is 2.31. The van der Waals surface area contributed by atoms with Crippen LogP contribution in [0.5, 0.6) is 0 Å². The van der Waals surface area contributed by atoms with Gasteiger partial charge in [-0.1, -0.05) is 46.0 Å². The van der Waals surface area contributed by atoms with Crippen molar-refractivity contribution in [3.05, 3.63) is 0 Å². The Hall–Kier alpha value is -0.0400. The summed E-state index contributed by atoms with van der Waals surface area (Å²) in [5.41, 5.74) is 0. The summed E-state index contributed by atoms with van der Waals surface area (Å²) in [6, 6.07) is 0.845. The second-order valence-electron chi connectivity index (χ2n) is 6.90. The molecule has 2 aliphatic carbocycles. The van der Waals surface area contributed by atoms with Gasteiger partial charge in [0.05, 0.1) is 0 Å². The third-order valence-electron chi connectivity index (χ3n) is 5.36. The minimum Gasteiger partial charge on any atom is -0.313 e. The Morgan fingerprint density at radius 2 is 1.50 bits per heavy atom. The van der Waals surface area contributed by atoms with E-state index in [0.29, 0.717) is 0 Å². The van der Waals surface area contributed by atoms with Crippen molar-refractivity contribution in [2.45, 2.75) is 84.1 Å². The molecule has 1 heteroatoms. The summed E-state index contributed by atoms with van der Waals surface area (Å²) in [5, 5.41) is 3.92. The van der Waals surface area contributed by atoms with Crippen LogP contribution in [0, 0.1) is 17.8 Å². The fourth-order valence-electron chi connectivity index (χ4n) is 4.17. The summed E-state index contributed by atoms with van der Waals surface area (Å²) < 4.78 is 0. The van der Waals surface area contributed by atoms with E-state index in [0.717, 1.165) is 23.8 Å². The van der Waals surface area contributed by atoms with Crippen molar-refractivity contribution in [2.24, 2.45) is 17.8 Å². The van der Waals surface area contributed by atoms with Crippen molar-refractivity contribution >= 4 is 0 Å². The quantitative estimate of drug-likeness (QED) is 0.743. The third-order valence-corrected chi connectivity index (χ3v) is 5.36. The van der Waals surface area contributed by atoms with Gasteiger partial charge in [-0.3, -0.25) is 0 Å². The Morgan fingerprint density at radius 3 is 2.11 bits per heavy atom. The zero-order valence-electron chi connectivity index (χ0n) is 12.6. The lowest BCUT2D eigenvalue weighted by Crippen LogP contribution is -2.44. The van der Waals surface area contributed by atoms with Crippen LogP contribution >= 0.6 is 0 Å². The molecular formula is C17H33N. The van der Waals surface area contributed by atoms with Gasteiger partial charge in [0.1, 0.15) is 0 Å². The normalized spacial score (nSPS) is 32.3. The molecule has 0 spiro atoms. The standard InChI is InChI=1S/C17H33N/c1-3-13-18-17(15-7-5-4-6-8-15)16-11-9-14(2)10-12-16/h14-18H,3-13H2,1-2H3. The molecule has 0 amide bonds. The number of nitrogens with one attached hydrogen (secondary N) is 1. The molecule has 1 N–H and O–H groups in total. The van der Waals surface area contributed by atoms with Crippen molar-refractivity contribution < 1.29 is 0 Å². The molecule has 1 nitrogen and oxygen atoms in total. The summed E-state index contributed by atoms with van der Waals surface area (Å²) in [5.74, 6) is 2.96. The Morgan fingerprint density at radius 1 is 0.889 bits per heavy atom. The fourth-order valence-corrected chi connectivity index (χ4v) is 4.17. The molecule has 0 heterocycles. The van der Waals surface area contributed by atoms with Crippen LogP contribution in [0.3, 0.4) is 0 Å². The van der Waals surface area contributed by atoms with E-state index >= 15 is 0 Å². The average Bonchev–Trinajstić information content (AvgIpc) is 2.42. The van der Waals surface area contributed by atoms with E-state index < -0.39 is 0 Å². The molecule has 106 valence electrons. The van der Waals surface area contributed by atoms with E-state index in [2.05, 4.69) is 19.2 Å². The monoisotopic (exact) mass is 251 g/mol. The molecule has 0 aromatic carbocycles. The molecule has 1 unspecified atom stereocenters. The van der Waals surface area contributed by atoms with Gasteiger partial charge < -0.3 is 5.32 Å². The Bertz CT molecular complexity index is 212. The SMILES string of the molecule is CCCNC(C1CCCCC1)C1CCC(C)CC1. The van der Waals surface area contributed by atoms with Crippen molar-refractivity contribution in [1.82, 2.24) is 5.32 Å². The molecule has 0 aromatic heterocycles. The molecule has 2 saturated carbocycles. The van der Waals surface area contributed by atoms with Gasteiger partial charge in [0, 0.05) is 6.04 Å². The number of hydrogen-bond donors (Lipinski definition) is 1. The molecule has 0 saturated heterocycles. The first-order valence-electron chi connectivity index (χ1n) is 8.54. The summed E-state index contributed by atoms with van der Waals surface area (Å²) in [4.78, 5) is 0. The first-order chi connectivity index (χ1) is 8.81. The van der Waals surface area contributed by atoms with Crippen LogP contribution in [0.25, 0.3) is 0 Å². The van der Waals surface area contributed by atoms with Gasteiger partial charge >= 0.3 is 0 Å². The lowest BCUT2D eigenvalue weighted by molar-refractivity contribution is 0.157. The van der Waals surface area contributed by atoms with Gasteiger partial charge in [-0.15, -0.1) is 0 Å². The minimum absolute atomic E-state index is 0.845. The van der Waals surface area contributed by atoms with Gasteiger partial charge in [0.2, 0.25) is 0 Å². The first-order valence-corrected chi connectivity index (χ1v) is 8.54. The highest BCUT2D eigenvalue weighted by atomic mass is 14.9. The zero-order chi connectivity index (χ0) is 12.8. The smallest absolute Gasteiger partial charge is 0.0124 e. The Labute approximate surface area is 114 Å². The maximum atomic E-state index is 3.92.